The number of rotatable bonds is 4. The molecule has 2 N–H and O–H groups in total. The Morgan fingerprint density at radius 3 is 2.70 bits per heavy atom. The first-order valence-electron chi connectivity index (χ1n) is 8.39. The lowest BCUT2D eigenvalue weighted by Crippen LogP contribution is -2.53. The lowest BCUT2D eigenvalue weighted by molar-refractivity contribution is -0.137. The van der Waals surface area contributed by atoms with Gasteiger partial charge in [0.15, 0.2) is 0 Å². The molecule has 0 aromatic rings. The number of nitrogens with zero attached hydrogens (tertiary/aromatic N) is 2. The van der Waals surface area contributed by atoms with Crippen LogP contribution in [0.3, 0.4) is 0 Å². The molecule has 3 unspecified atom stereocenters. The van der Waals surface area contributed by atoms with Gasteiger partial charge in [-0.15, -0.1) is 0 Å². The van der Waals surface area contributed by atoms with Crippen molar-refractivity contribution in [2.45, 2.75) is 64.5 Å². The second kappa shape index (κ2) is 7.41. The minimum absolute atomic E-state index is 0.324. The van der Waals surface area contributed by atoms with Crippen LogP contribution >= 0.6 is 0 Å². The third-order valence-corrected chi connectivity index (χ3v) is 5.13. The molecule has 0 saturated carbocycles. The molecular weight excluding hydrogens is 250 g/mol. The van der Waals surface area contributed by atoms with Crippen LogP contribution in [0.25, 0.3) is 0 Å². The molecule has 0 aromatic heterocycles. The van der Waals surface area contributed by atoms with Crippen LogP contribution in [0.4, 0.5) is 0 Å². The fourth-order valence-corrected chi connectivity index (χ4v) is 3.77. The maximum Gasteiger partial charge on any atom is 0.237 e. The number of piperidine rings is 2. The highest BCUT2D eigenvalue weighted by atomic mass is 16.2. The monoisotopic (exact) mass is 281 g/mol. The van der Waals surface area contributed by atoms with E-state index in [2.05, 4.69) is 23.6 Å². The minimum atomic E-state index is 0.324. The lowest BCUT2D eigenvalue weighted by Gasteiger charge is -2.41. The highest BCUT2D eigenvalue weighted by molar-refractivity contribution is 5.78. The summed E-state index contributed by atoms with van der Waals surface area (Å²) in [7, 11) is 0. The quantitative estimate of drug-likeness (QED) is 0.855. The van der Waals surface area contributed by atoms with Crippen LogP contribution in [0.1, 0.15) is 52.4 Å². The van der Waals surface area contributed by atoms with E-state index in [1.54, 1.807) is 0 Å². The van der Waals surface area contributed by atoms with E-state index in [1.165, 1.54) is 25.7 Å². The first kappa shape index (κ1) is 15.8. The molecule has 0 spiro atoms. The number of amides is 1. The zero-order chi connectivity index (χ0) is 14.5. The van der Waals surface area contributed by atoms with Gasteiger partial charge in [0.2, 0.25) is 5.91 Å². The molecule has 2 aliphatic heterocycles. The summed E-state index contributed by atoms with van der Waals surface area (Å²) in [6.07, 6.45) is 7.04. The molecular formula is C16H31N3O. The number of likely N-dealkylation sites (tertiary alicyclic amines) is 2. The Hall–Kier alpha value is -0.610. The van der Waals surface area contributed by atoms with Gasteiger partial charge in [0, 0.05) is 25.2 Å². The molecule has 0 aromatic carbocycles. The van der Waals surface area contributed by atoms with Gasteiger partial charge in [-0.2, -0.15) is 0 Å². The molecule has 0 bridgehead atoms. The van der Waals surface area contributed by atoms with Crippen molar-refractivity contribution in [2.75, 3.05) is 26.2 Å². The predicted octanol–water partition coefficient (Wildman–Crippen LogP) is 1.84. The van der Waals surface area contributed by atoms with Gasteiger partial charge in [0.1, 0.15) is 0 Å². The SMILES string of the molecule is CCC1CCCCN1C(=O)CN1CCC(C)CC1CN. The number of hydrogen-bond donors (Lipinski definition) is 1. The molecule has 2 aliphatic rings. The Labute approximate surface area is 123 Å². The van der Waals surface area contributed by atoms with Gasteiger partial charge >= 0.3 is 0 Å². The summed E-state index contributed by atoms with van der Waals surface area (Å²) in [6, 6.07) is 0.865. The Bertz CT molecular complexity index is 321. The minimum Gasteiger partial charge on any atom is -0.339 e. The van der Waals surface area contributed by atoms with E-state index in [1.807, 2.05) is 0 Å². The molecule has 2 heterocycles. The van der Waals surface area contributed by atoms with Crippen molar-refractivity contribution in [2.24, 2.45) is 11.7 Å². The summed E-state index contributed by atoms with van der Waals surface area (Å²) < 4.78 is 0. The number of hydrogen-bond acceptors (Lipinski definition) is 3. The van der Waals surface area contributed by atoms with Crippen molar-refractivity contribution in [1.82, 2.24) is 9.80 Å². The molecule has 4 nitrogen and oxygen atoms in total. The zero-order valence-corrected chi connectivity index (χ0v) is 13.2. The van der Waals surface area contributed by atoms with E-state index in [4.69, 9.17) is 5.73 Å². The molecule has 0 aliphatic carbocycles. The van der Waals surface area contributed by atoms with Gasteiger partial charge in [0.25, 0.3) is 0 Å². The smallest absolute Gasteiger partial charge is 0.237 e. The fourth-order valence-electron chi connectivity index (χ4n) is 3.77. The summed E-state index contributed by atoms with van der Waals surface area (Å²) in [5.41, 5.74) is 5.90. The maximum atomic E-state index is 12.6. The number of carbonyl (C=O) groups excluding carboxylic acids is 1. The Balaban J connectivity index is 1.92. The molecule has 0 radical (unpaired) electrons. The molecule has 3 atom stereocenters. The van der Waals surface area contributed by atoms with E-state index < -0.39 is 0 Å². The third-order valence-electron chi connectivity index (χ3n) is 5.13. The van der Waals surface area contributed by atoms with Crippen LogP contribution in [0.5, 0.6) is 0 Å². The van der Waals surface area contributed by atoms with Gasteiger partial charge in [0.05, 0.1) is 6.54 Å². The fraction of sp³-hybridized carbons (Fsp3) is 0.938. The lowest BCUT2D eigenvalue weighted by atomic mass is 9.92. The first-order valence-corrected chi connectivity index (χ1v) is 8.39. The molecule has 2 rings (SSSR count). The van der Waals surface area contributed by atoms with Crippen molar-refractivity contribution in [3.05, 3.63) is 0 Å². The van der Waals surface area contributed by atoms with Gasteiger partial charge in [-0.3, -0.25) is 9.69 Å². The summed E-state index contributed by atoms with van der Waals surface area (Å²) in [5.74, 6) is 1.07. The average Bonchev–Trinajstić information content (AvgIpc) is 2.48. The molecule has 20 heavy (non-hydrogen) atoms. The Morgan fingerprint density at radius 1 is 1.20 bits per heavy atom. The molecule has 1 amide bonds. The summed E-state index contributed by atoms with van der Waals surface area (Å²) in [4.78, 5) is 17.1. The van der Waals surface area contributed by atoms with Crippen LogP contribution in [-0.4, -0.2) is 54.0 Å². The zero-order valence-electron chi connectivity index (χ0n) is 13.2. The van der Waals surface area contributed by atoms with Crippen molar-refractivity contribution in [3.63, 3.8) is 0 Å². The van der Waals surface area contributed by atoms with Crippen LogP contribution in [-0.2, 0) is 4.79 Å². The highest BCUT2D eigenvalue weighted by Crippen LogP contribution is 2.23. The van der Waals surface area contributed by atoms with Crippen LogP contribution in [0, 0.1) is 5.92 Å². The Kier molecular flexibility index (Phi) is 5.85. The topological polar surface area (TPSA) is 49.6 Å². The largest absolute Gasteiger partial charge is 0.339 e. The summed E-state index contributed by atoms with van der Waals surface area (Å²) in [6.45, 7) is 7.72. The molecule has 116 valence electrons. The van der Waals surface area contributed by atoms with Gasteiger partial charge in [-0.05, 0) is 51.0 Å². The summed E-state index contributed by atoms with van der Waals surface area (Å²) >= 11 is 0. The molecule has 2 fully saturated rings. The predicted molar refractivity (Wildman–Crippen MR) is 82.5 cm³/mol. The highest BCUT2D eigenvalue weighted by Gasteiger charge is 2.30. The van der Waals surface area contributed by atoms with Gasteiger partial charge in [-0.1, -0.05) is 13.8 Å². The van der Waals surface area contributed by atoms with Crippen LogP contribution in [0.2, 0.25) is 0 Å². The van der Waals surface area contributed by atoms with Crippen LogP contribution < -0.4 is 5.73 Å². The standard InChI is InChI=1S/C16H31N3O/c1-3-14-6-4-5-8-19(14)16(20)12-18-9-7-13(2)10-15(18)11-17/h13-15H,3-12,17H2,1-2H3. The van der Waals surface area contributed by atoms with Crippen molar-refractivity contribution in [1.29, 1.82) is 0 Å². The van der Waals surface area contributed by atoms with Crippen molar-refractivity contribution >= 4 is 5.91 Å². The normalized spacial score (nSPS) is 32.4. The third kappa shape index (κ3) is 3.73. The van der Waals surface area contributed by atoms with E-state index in [0.717, 1.165) is 31.8 Å². The average molecular weight is 281 g/mol. The van der Waals surface area contributed by atoms with Gasteiger partial charge in [-0.25, -0.2) is 0 Å². The summed E-state index contributed by atoms with van der Waals surface area (Å²) in [5, 5.41) is 0. The van der Waals surface area contributed by atoms with Crippen molar-refractivity contribution < 1.29 is 4.79 Å². The van der Waals surface area contributed by atoms with Crippen molar-refractivity contribution in [3.8, 4) is 0 Å². The van der Waals surface area contributed by atoms with Gasteiger partial charge < -0.3 is 10.6 Å². The number of nitrogens with two attached hydrogens (primary N) is 1. The van der Waals surface area contributed by atoms with E-state index >= 15 is 0 Å². The Morgan fingerprint density at radius 2 is 2.00 bits per heavy atom. The van der Waals surface area contributed by atoms with E-state index in [9.17, 15) is 4.79 Å². The van der Waals surface area contributed by atoms with E-state index in [-0.39, 0.29) is 0 Å². The number of carbonyl (C=O) groups is 1. The van der Waals surface area contributed by atoms with E-state index in [0.29, 0.717) is 31.1 Å². The maximum absolute atomic E-state index is 12.6. The second-order valence-corrected chi connectivity index (χ2v) is 6.63. The molecule has 4 heteroatoms. The molecule has 2 saturated heterocycles. The second-order valence-electron chi connectivity index (χ2n) is 6.63. The van der Waals surface area contributed by atoms with Crippen LogP contribution in [0.15, 0.2) is 0 Å². The first-order chi connectivity index (χ1) is 9.65.